The number of aliphatic hydroxyl groups is 2. The highest BCUT2D eigenvalue weighted by molar-refractivity contribution is 5.52. The van der Waals surface area contributed by atoms with Crippen LogP contribution < -0.4 is 4.90 Å². The number of aromatic nitrogens is 1. The van der Waals surface area contributed by atoms with Crippen LogP contribution in [0.1, 0.15) is 25.3 Å². The monoisotopic (exact) mass is 265 g/mol. The largest absolute Gasteiger partial charge is 0.393 e. The summed E-state index contributed by atoms with van der Waals surface area (Å²) in [5.41, 5.74) is 0.0327. The highest BCUT2D eigenvalue weighted by atomic mass is 16.5. The SMILES string of the molecule is CO[C](C)c1cccnc1N1CCC(O)(CO)CC1. The van der Waals surface area contributed by atoms with Crippen LogP contribution in [0.25, 0.3) is 0 Å². The molecule has 0 spiro atoms. The molecule has 1 aliphatic rings. The van der Waals surface area contributed by atoms with Crippen molar-refractivity contribution >= 4 is 5.82 Å². The first-order valence-electron chi connectivity index (χ1n) is 6.51. The van der Waals surface area contributed by atoms with Crippen LogP contribution in [0.3, 0.4) is 0 Å². The highest BCUT2D eigenvalue weighted by Gasteiger charge is 2.32. The average molecular weight is 265 g/mol. The van der Waals surface area contributed by atoms with Crippen molar-refractivity contribution in [3.63, 3.8) is 0 Å². The van der Waals surface area contributed by atoms with Crippen LogP contribution >= 0.6 is 0 Å². The van der Waals surface area contributed by atoms with Gasteiger partial charge in [-0.3, -0.25) is 0 Å². The Hall–Kier alpha value is -1.17. The molecule has 5 heteroatoms. The third-order valence-electron chi connectivity index (χ3n) is 3.76. The molecule has 0 saturated carbocycles. The van der Waals surface area contributed by atoms with Gasteiger partial charge in [0.15, 0.2) is 0 Å². The molecular weight excluding hydrogens is 244 g/mol. The van der Waals surface area contributed by atoms with Gasteiger partial charge in [-0.25, -0.2) is 4.98 Å². The molecule has 1 fully saturated rings. The van der Waals surface area contributed by atoms with E-state index >= 15 is 0 Å². The van der Waals surface area contributed by atoms with Crippen molar-refractivity contribution in [3.8, 4) is 0 Å². The van der Waals surface area contributed by atoms with Crippen molar-refractivity contribution in [2.24, 2.45) is 0 Å². The predicted octanol–water partition coefficient (Wildman–Crippen LogP) is 0.952. The summed E-state index contributed by atoms with van der Waals surface area (Å²) in [5, 5.41) is 19.2. The van der Waals surface area contributed by atoms with E-state index in [0.29, 0.717) is 25.9 Å². The molecule has 1 saturated heterocycles. The molecule has 0 aromatic carbocycles. The number of methoxy groups -OCH3 is 1. The van der Waals surface area contributed by atoms with Gasteiger partial charge in [-0.1, -0.05) is 6.07 Å². The van der Waals surface area contributed by atoms with Crippen molar-refractivity contribution in [2.75, 3.05) is 31.7 Å². The van der Waals surface area contributed by atoms with E-state index in [1.807, 2.05) is 19.1 Å². The van der Waals surface area contributed by atoms with Crippen LogP contribution in [-0.2, 0) is 4.74 Å². The van der Waals surface area contributed by atoms with Crippen LogP contribution in [0.5, 0.6) is 0 Å². The number of ether oxygens (including phenoxy) is 1. The maximum atomic E-state index is 10.0. The van der Waals surface area contributed by atoms with Gasteiger partial charge in [0, 0.05) is 32.0 Å². The lowest BCUT2D eigenvalue weighted by molar-refractivity contribution is -0.0326. The fraction of sp³-hybridized carbons (Fsp3) is 0.571. The molecule has 5 nitrogen and oxygen atoms in total. The molecular formula is C14H21N2O3. The molecule has 105 valence electrons. The topological polar surface area (TPSA) is 65.8 Å². The Morgan fingerprint density at radius 2 is 2.16 bits per heavy atom. The molecule has 1 aromatic heterocycles. The van der Waals surface area contributed by atoms with Gasteiger partial charge in [0.2, 0.25) is 0 Å². The summed E-state index contributed by atoms with van der Waals surface area (Å²) < 4.78 is 5.29. The number of pyridine rings is 1. The van der Waals surface area contributed by atoms with E-state index in [1.54, 1.807) is 13.3 Å². The van der Waals surface area contributed by atoms with Gasteiger partial charge in [-0.2, -0.15) is 0 Å². The van der Waals surface area contributed by atoms with E-state index in [2.05, 4.69) is 9.88 Å². The number of aliphatic hydroxyl groups excluding tert-OH is 1. The molecule has 0 aliphatic carbocycles. The molecule has 0 bridgehead atoms. The van der Waals surface area contributed by atoms with Crippen molar-refractivity contribution in [2.45, 2.75) is 25.4 Å². The van der Waals surface area contributed by atoms with Crippen molar-refractivity contribution in [3.05, 3.63) is 30.0 Å². The number of rotatable bonds is 4. The highest BCUT2D eigenvalue weighted by Crippen LogP contribution is 2.30. The number of hydrogen-bond acceptors (Lipinski definition) is 5. The predicted molar refractivity (Wildman–Crippen MR) is 72.7 cm³/mol. The Balaban J connectivity index is 2.15. The fourth-order valence-electron chi connectivity index (χ4n) is 2.33. The van der Waals surface area contributed by atoms with Gasteiger partial charge >= 0.3 is 0 Å². The summed E-state index contributed by atoms with van der Waals surface area (Å²) in [6.45, 7) is 3.09. The summed E-state index contributed by atoms with van der Waals surface area (Å²) in [6.07, 6.45) is 3.68. The second-order valence-electron chi connectivity index (χ2n) is 5.00. The molecule has 0 unspecified atom stereocenters. The second kappa shape index (κ2) is 5.86. The summed E-state index contributed by atoms with van der Waals surface area (Å²) in [7, 11) is 1.65. The van der Waals surface area contributed by atoms with Crippen molar-refractivity contribution in [1.29, 1.82) is 0 Å². The summed E-state index contributed by atoms with van der Waals surface area (Å²) in [6, 6.07) is 3.86. The van der Waals surface area contributed by atoms with Crippen molar-refractivity contribution < 1.29 is 14.9 Å². The molecule has 19 heavy (non-hydrogen) atoms. The first kappa shape index (κ1) is 14.2. The molecule has 2 N–H and O–H groups in total. The average Bonchev–Trinajstić information content (AvgIpc) is 2.47. The normalized spacial score (nSPS) is 18.9. The van der Waals surface area contributed by atoms with Crippen LogP contribution in [0.15, 0.2) is 18.3 Å². The Bertz CT molecular complexity index is 417. The molecule has 1 aromatic rings. The zero-order chi connectivity index (χ0) is 13.9. The second-order valence-corrected chi connectivity index (χ2v) is 5.00. The van der Waals surface area contributed by atoms with Gasteiger partial charge < -0.3 is 19.8 Å². The summed E-state index contributed by atoms with van der Waals surface area (Å²) in [5.74, 6) is 0.877. The number of piperidine rings is 1. The number of anilines is 1. The number of nitrogens with zero attached hydrogens (tertiary/aromatic N) is 2. The van der Waals surface area contributed by atoms with Gasteiger partial charge in [0.25, 0.3) is 0 Å². The van der Waals surface area contributed by atoms with Gasteiger partial charge in [-0.05, 0) is 25.8 Å². The molecule has 1 aliphatic heterocycles. The van der Waals surface area contributed by atoms with E-state index in [9.17, 15) is 10.2 Å². The van der Waals surface area contributed by atoms with Crippen LogP contribution in [0.4, 0.5) is 5.82 Å². The lowest BCUT2D eigenvalue weighted by Gasteiger charge is -2.38. The maximum absolute atomic E-state index is 10.0. The quantitative estimate of drug-likeness (QED) is 0.848. The third kappa shape index (κ3) is 3.05. The minimum Gasteiger partial charge on any atom is -0.393 e. The van der Waals surface area contributed by atoms with Crippen molar-refractivity contribution in [1.82, 2.24) is 4.98 Å². The Kier molecular flexibility index (Phi) is 4.39. The van der Waals surface area contributed by atoms with E-state index < -0.39 is 5.60 Å². The van der Waals surface area contributed by atoms with E-state index in [4.69, 9.17) is 4.74 Å². The molecule has 2 rings (SSSR count). The minimum absolute atomic E-state index is 0.181. The summed E-state index contributed by atoms with van der Waals surface area (Å²) >= 11 is 0. The summed E-state index contributed by atoms with van der Waals surface area (Å²) in [4.78, 5) is 6.55. The van der Waals surface area contributed by atoms with Gasteiger partial charge in [0.1, 0.15) is 11.9 Å². The molecule has 2 heterocycles. The molecule has 1 radical (unpaired) electrons. The Morgan fingerprint density at radius 1 is 1.47 bits per heavy atom. The van der Waals surface area contributed by atoms with Crippen LogP contribution in [-0.4, -0.2) is 47.6 Å². The van der Waals surface area contributed by atoms with E-state index in [1.165, 1.54) is 0 Å². The van der Waals surface area contributed by atoms with Crippen LogP contribution in [0, 0.1) is 6.10 Å². The lowest BCUT2D eigenvalue weighted by Crippen LogP contribution is -2.47. The maximum Gasteiger partial charge on any atom is 0.134 e. The van der Waals surface area contributed by atoms with Crippen LogP contribution in [0.2, 0.25) is 0 Å². The van der Waals surface area contributed by atoms with Gasteiger partial charge in [-0.15, -0.1) is 0 Å². The first-order chi connectivity index (χ1) is 9.09. The first-order valence-corrected chi connectivity index (χ1v) is 6.51. The minimum atomic E-state index is -0.939. The fourth-order valence-corrected chi connectivity index (χ4v) is 2.33. The Labute approximate surface area is 113 Å². The Morgan fingerprint density at radius 3 is 2.74 bits per heavy atom. The lowest BCUT2D eigenvalue weighted by atomic mass is 9.92. The third-order valence-corrected chi connectivity index (χ3v) is 3.76. The van der Waals surface area contributed by atoms with Gasteiger partial charge in [0.05, 0.1) is 12.2 Å². The molecule has 0 atom stereocenters. The molecule has 0 amide bonds. The zero-order valence-corrected chi connectivity index (χ0v) is 11.5. The zero-order valence-electron chi connectivity index (χ0n) is 11.5. The standard InChI is InChI=1S/C14H21N2O3/c1-11(19-2)12-4-3-7-15-13(12)16-8-5-14(18,10-17)6-9-16/h3-4,7,17-18H,5-6,8-10H2,1-2H3. The van der Waals surface area contributed by atoms with E-state index in [-0.39, 0.29) is 6.61 Å². The van der Waals surface area contributed by atoms with E-state index in [0.717, 1.165) is 17.5 Å². The number of hydrogen-bond donors (Lipinski definition) is 2. The smallest absolute Gasteiger partial charge is 0.134 e.